The Morgan fingerprint density at radius 3 is 2.19 bits per heavy atom. The zero-order chi connectivity index (χ0) is 62.9. The van der Waals surface area contributed by atoms with E-state index in [1.165, 1.54) is 14.0 Å². The molecule has 25 heteroatoms. The highest BCUT2D eigenvalue weighted by molar-refractivity contribution is 6.00. The summed E-state index contributed by atoms with van der Waals surface area (Å²) in [6, 6.07) is 5.63. The number of carbonyl (C=O) groups excluding carboxylic acids is 6. The number of rotatable bonds is 14. The minimum Gasteiger partial charge on any atom is -0.458 e. The molecule has 0 bridgehead atoms. The summed E-state index contributed by atoms with van der Waals surface area (Å²) in [6.07, 6.45) is -4.61. The van der Waals surface area contributed by atoms with Gasteiger partial charge >= 0.3 is 30.3 Å². The van der Waals surface area contributed by atoms with E-state index in [1.807, 2.05) is 44.9 Å². The molecule has 5 rings (SSSR count). The monoisotopic (exact) mass is 1180 g/mol. The third-order valence-corrected chi connectivity index (χ3v) is 15.0. The van der Waals surface area contributed by atoms with Crippen LogP contribution < -0.4 is 21.3 Å². The summed E-state index contributed by atoms with van der Waals surface area (Å²) in [5, 5.41) is 32.6. The first kappa shape index (κ1) is 68.8. The van der Waals surface area contributed by atoms with Crippen molar-refractivity contribution in [2.45, 2.75) is 226 Å². The number of Topliss-reactive ketones (excluding diaryl/α,β-unsaturated/α-hetero) is 1. The quantitative estimate of drug-likeness (QED) is 0.0307. The Morgan fingerprint density at radius 2 is 1.57 bits per heavy atom. The van der Waals surface area contributed by atoms with Crippen LogP contribution in [0.25, 0.3) is 11.3 Å². The largest absolute Gasteiger partial charge is 0.458 e. The molecule has 3 aliphatic rings. The van der Waals surface area contributed by atoms with Crippen molar-refractivity contribution in [3.8, 4) is 11.3 Å². The highest BCUT2D eigenvalue weighted by Gasteiger charge is 2.59. The number of cyclic esters (lactones) is 1. The van der Waals surface area contributed by atoms with Gasteiger partial charge in [-0.05, 0) is 161 Å². The van der Waals surface area contributed by atoms with Crippen molar-refractivity contribution in [3.05, 3.63) is 30.5 Å². The van der Waals surface area contributed by atoms with Crippen molar-refractivity contribution in [1.29, 1.82) is 0 Å². The molecule has 472 valence electrons. The topological polar surface area (TPSA) is 294 Å². The highest BCUT2D eigenvalue weighted by atomic mass is 16.7. The van der Waals surface area contributed by atoms with Gasteiger partial charge in [0.2, 0.25) is 5.96 Å². The normalized spacial score (nSPS) is 29.6. The molecule has 3 unspecified atom stereocenters. The molecule has 25 nitrogen and oxygen atoms in total. The molecule has 84 heavy (non-hydrogen) atoms. The number of methoxy groups -OCH3 is 1. The number of benzene rings is 1. The van der Waals surface area contributed by atoms with E-state index in [4.69, 9.17) is 37.9 Å². The van der Waals surface area contributed by atoms with Crippen molar-refractivity contribution < 1.29 is 71.8 Å². The van der Waals surface area contributed by atoms with Gasteiger partial charge in [-0.1, -0.05) is 38.1 Å². The van der Waals surface area contributed by atoms with Crippen LogP contribution in [0.2, 0.25) is 0 Å². The van der Waals surface area contributed by atoms with Crippen molar-refractivity contribution >= 4 is 47.8 Å². The summed E-state index contributed by atoms with van der Waals surface area (Å²) in [7, 11) is 5.11. The predicted octanol–water partition coefficient (Wildman–Crippen LogP) is 7.43. The van der Waals surface area contributed by atoms with Crippen molar-refractivity contribution in [2.24, 2.45) is 22.7 Å². The Morgan fingerprint density at radius 1 is 0.929 bits per heavy atom. The van der Waals surface area contributed by atoms with Crippen molar-refractivity contribution in [1.82, 2.24) is 40.7 Å². The molecular formula is C59H96N10O15. The lowest BCUT2D eigenvalue weighted by molar-refractivity contribution is -0.296. The molecule has 4 amide bonds. The smallest absolute Gasteiger partial charge is 0.437 e. The Hall–Kier alpha value is -5.99. The fraction of sp³-hybridized carbons (Fsp3) is 0.746. The summed E-state index contributed by atoms with van der Waals surface area (Å²) in [6.45, 7) is 29.2. The Balaban J connectivity index is 1.36. The van der Waals surface area contributed by atoms with Gasteiger partial charge in [0.1, 0.15) is 40.6 Å². The van der Waals surface area contributed by atoms with Crippen molar-refractivity contribution in [2.75, 3.05) is 46.2 Å². The van der Waals surface area contributed by atoms with E-state index in [2.05, 4.69) is 36.6 Å². The van der Waals surface area contributed by atoms with Crippen LogP contribution in [-0.4, -0.2) is 190 Å². The molecule has 4 heterocycles. The number of anilines is 1. The average Bonchev–Trinajstić information content (AvgIpc) is 1.74. The number of nitrogens with one attached hydrogen (secondary N) is 4. The summed E-state index contributed by atoms with van der Waals surface area (Å²) in [5.41, 5.74) is -3.10. The number of esters is 1. The second-order valence-electron chi connectivity index (χ2n) is 26.1. The molecule has 1 aromatic heterocycles. The number of aryl methyl sites for hydroxylation is 1. The van der Waals surface area contributed by atoms with Crippen LogP contribution in [0.5, 0.6) is 0 Å². The molecule has 2 aromatic rings. The first-order chi connectivity index (χ1) is 39.0. The van der Waals surface area contributed by atoms with E-state index in [9.17, 15) is 33.9 Å². The molecule has 0 aliphatic carbocycles. The Bertz CT molecular complexity index is 2610. The first-order valence-electron chi connectivity index (χ1n) is 29.2. The Labute approximate surface area is 495 Å². The lowest BCUT2D eigenvalue weighted by Crippen LogP contribution is -2.61. The molecule has 5 N–H and O–H groups in total. The van der Waals surface area contributed by atoms with Crippen LogP contribution in [0.15, 0.2) is 35.5 Å². The van der Waals surface area contributed by atoms with E-state index in [1.54, 1.807) is 118 Å². The maximum atomic E-state index is 14.9. The molecule has 0 spiro atoms. The number of hydrogen-bond acceptors (Lipinski definition) is 19. The van der Waals surface area contributed by atoms with Gasteiger partial charge in [0.15, 0.2) is 17.7 Å². The standard InChI is InChI=1S/C59H96N10O15/c1-20-43-59(16)46(69(54(76)84-59)27-22-21-26-68-33-41(65-66-68)38-24-23-25-39(28-38)62-51(73)81-55(6,7)8)37(5)60-31-34(2)30-58(15,77-19)47(35(3)44(70)36(4)48(72)79-43)80-49-45(71)42(67(17)18)29-40(78-49)32-61-50(63-52(74)82-56(9,10)11)64-53(75)83-57(12,13)14/h23-25,28,33-37,40,42-43,45-47,49,60,71H,20-22,26-27,29-32H2,1-19H3,(H,62,73)(H2,61,63,64,74,75)/t34-,35+,36-,37-,40?,42?,43-,45?,46-,47-,49+,58-,59-/m1/s1. The fourth-order valence-electron chi connectivity index (χ4n) is 11.1. The van der Waals surface area contributed by atoms with E-state index in [-0.39, 0.29) is 31.3 Å². The van der Waals surface area contributed by atoms with E-state index in [0.717, 1.165) is 5.56 Å². The number of alkyl carbamates (subject to hydrolysis) is 1. The number of ether oxygens (including phenoxy) is 8. The number of unbranched alkanes of at least 4 members (excludes halogenated alkanes) is 1. The first-order valence-corrected chi connectivity index (χ1v) is 29.2. The average molecular weight is 1190 g/mol. The van der Waals surface area contributed by atoms with Gasteiger partial charge in [-0.3, -0.25) is 29.8 Å². The molecule has 3 aliphatic heterocycles. The zero-order valence-corrected chi connectivity index (χ0v) is 52.9. The van der Waals surface area contributed by atoms with Gasteiger partial charge in [0.05, 0.1) is 30.0 Å². The second-order valence-corrected chi connectivity index (χ2v) is 26.1. The number of guanidine groups is 1. The van der Waals surface area contributed by atoms with E-state index < -0.39 is 125 Å². The second kappa shape index (κ2) is 28.5. The molecule has 0 saturated carbocycles. The number of likely N-dealkylation sites (N-methyl/N-ethyl adjacent to an activating group) is 1. The van der Waals surface area contributed by atoms with Crippen LogP contribution >= 0.6 is 0 Å². The van der Waals surface area contributed by atoms with Gasteiger partial charge in [-0.2, -0.15) is 0 Å². The molecular weight excluding hydrogens is 1090 g/mol. The predicted molar refractivity (Wildman–Crippen MR) is 313 cm³/mol. The minimum absolute atomic E-state index is 0.0517. The molecule has 3 fully saturated rings. The number of carbonyl (C=O) groups is 6. The highest BCUT2D eigenvalue weighted by Crippen LogP contribution is 2.40. The molecule has 13 atom stereocenters. The van der Waals surface area contributed by atoms with Gasteiger partial charge in [-0.25, -0.2) is 19.2 Å². The number of ketones is 1. The summed E-state index contributed by atoms with van der Waals surface area (Å²) >= 11 is 0. The third kappa shape index (κ3) is 19.0. The molecule has 3 saturated heterocycles. The number of aromatic nitrogens is 3. The zero-order valence-electron chi connectivity index (χ0n) is 52.9. The number of amides is 4. The van der Waals surface area contributed by atoms with Crippen LogP contribution in [0.3, 0.4) is 0 Å². The van der Waals surface area contributed by atoms with E-state index >= 15 is 0 Å². The number of nitrogens with zero attached hydrogens (tertiary/aromatic N) is 6. The van der Waals surface area contributed by atoms with Gasteiger partial charge < -0.3 is 58.5 Å². The van der Waals surface area contributed by atoms with E-state index in [0.29, 0.717) is 50.3 Å². The number of fused-ring (bicyclic) bond motifs is 1. The number of aliphatic imine (C=N–C) groups is 1. The molecule has 1 aromatic carbocycles. The fourth-order valence-corrected chi connectivity index (χ4v) is 11.1. The van der Waals surface area contributed by atoms with Crippen LogP contribution in [0.4, 0.5) is 24.9 Å². The number of aliphatic hydroxyl groups excluding tert-OH is 1. The summed E-state index contributed by atoms with van der Waals surface area (Å²) in [5.74, 6) is -4.13. The van der Waals surface area contributed by atoms with Gasteiger partial charge in [0, 0.05) is 56.0 Å². The Kier molecular flexibility index (Phi) is 23.3. The lowest BCUT2D eigenvalue weighted by atomic mass is 9.78. The molecule has 0 radical (unpaired) electrons. The lowest BCUT2D eigenvalue weighted by Gasteiger charge is -2.47. The maximum Gasteiger partial charge on any atom is 0.437 e. The summed E-state index contributed by atoms with van der Waals surface area (Å²) < 4.78 is 50.3. The van der Waals surface area contributed by atoms with Crippen LogP contribution in [0, 0.1) is 17.8 Å². The third-order valence-electron chi connectivity index (χ3n) is 15.0. The van der Waals surface area contributed by atoms with Gasteiger partial charge in [-0.15, -0.1) is 10.1 Å². The van der Waals surface area contributed by atoms with Crippen molar-refractivity contribution in [3.63, 3.8) is 0 Å². The van der Waals surface area contributed by atoms with Crippen LogP contribution in [0.1, 0.15) is 143 Å². The maximum absolute atomic E-state index is 14.9. The summed E-state index contributed by atoms with van der Waals surface area (Å²) in [4.78, 5) is 89.1. The number of hydrogen-bond donors (Lipinski definition) is 5. The van der Waals surface area contributed by atoms with Gasteiger partial charge in [0.25, 0.3) is 0 Å². The van der Waals surface area contributed by atoms with Crippen LogP contribution in [-0.2, 0) is 54.0 Å². The minimum atomic E-state index is -1.37. The number of aliphatic hydroxyl groups is 1. The SMILES string of the molecule is CC[C@H]1OC(=O)[C@H](C)C(=O)[C@H](C)[C@@H](O[C@@H]2OC(CN/C(=N\C(=O)OC(C)(C)C)NC(=O)OC(C)(C)C)CC(N(C)C)C2O)[C@](C)(OC)C[C@@H](C)CN[C@H](C)[C@H]2N(CCCCn3cc(-c4cccc(NC(=O)OC(C)(C)C)c4)nn3)C(=O)O[C@]12C.